The summed E-state index contributed by atoms with van der Waals surface area (Å²) in [6.45, 7) is 3.18. The standard InChI is InChI=1S/C22H26ClFN6O2/c1-22(2,11-31)21(32)29-14-5-3-4-13(7-14)28-20-17(24)10-27-19(30-20)16-9-26-18-15(16)6-12(23)8-25-18/h6,8-10,13-14,31H,3-5,7,11H2,1-2H3,(H,25,26)(H,29,32)(H,27,28,30)/t13-,14+/m0/s1. The number of fused-ring (bicyclic) bond motifs is 1. The van der Waals surface area contributed by atoms with Crippen LogP contribution in [0.5, 0.6) is 0 Å². The fourth-order valence-electron chi connectivity index (χ4n) is 3.86. The van der Waals surface area contributed by atoms with Crippen molar-refractivity contribution in [2.45, 2.75) is 51.6 Å². The molecule has 0 spiro atoms. The summed E-state index contributed by atoms with van der Waals surface area (Å²) in [5.41, 5.74) is 0.479. The molecule has 1 amide bonds. The lowest BCUT2D eigenvalue weighted by Gasteiger charge is -2.33. The lowest BCUT2D eigenvalue weighted by molar-refractivity contribution is -0.132. The quantitative estimate of drug-likeness (QED) is 0.446. The maximum atomic E-state index is 14.5. The molecule has 8 nitrogen and oxygen atoms in total. The molecule has 0 radical (unpaired) electrons. The third-order valence-electron chi connectivity index (χ3n) is 5.84. The number of hydrogen-bond acceptors (Lipinski definition) is 6. The van der Waals surface area contributed by atoms with Crippen molar-refractivity contribution in [2.75, 3.05) is 11.9 Å². The molecule has 32 heavy (non-hydrogen) atoms. The smallest absolute Gasteiger partial charge is 0.228 e. The molecule has 4 rings (SSSR count). The van der Waals surface area contributed by atoms with Crippen molar-refractivity contribution < 1.29 is 14.3 Å². The van der Waals surface area contributed by atoms with Gasteiger partial charge in [0.05, 0.1) is 23.2 Å². The molecule has 4 N–H and O–H groups in total. The molecule has 0 aliphatic heterocycles. The molecule has 3 aromatic heterocycles. The van der Waals surface area contributed by atoms with Gasteiger partial charge in [-0.05, 0) is 45.6 Å². The number of hydrogen-bond donors (Lipinski definition) is 4. The molecule has 1 fully saturated rings. The predicted molar refractivity (Wildman–Crippen MR) is 121 cm³/mol. The second kappa shape index (κ2) is 8.99. The maximum Gasteiger partial charge on any atom is 0.228 e. The van der Waals surface area contributed by atoms with Crippen LogP contribution in [0.15, 0.2) is 24.7 Å². The first-order valence-electron chi connectivity index (χ1n) is 10.6. The van der Waals surface area contributed by atoms with Crippen LogP contribution in [0.2, 0.25) is 5.02 Å². The largest absolute Gasteiger partial charge is 0.395 e. The summed E-state index contributed by atoms with van der Waals surface area (Å²) in [5.74, 6) is -0.258. The molecule has 0 aromatic carbocycles. The highest BCUT2D eigenvalue weighted by Gasteiger charge is 2.31. The first-order chi connectivity index (χ1) is 15.3. The highest BCUT2D eigenvalue weighted by molar-refractivity contribution is 6.31. The molecule has 1 aliphatic carbocycles. The lowest BCUT2D eigenvalue weighted by atomic mass is 9.88. The van der Waals surface area contributed by atoms with Crippen LogP contribution in [0, 0.1) is 11.2 Å². The molecule has 1 aliphatic rings. The fourth-order valence-corrected chi connectivity index (χ4v) is 4.02. The Morgan fingerprint density at radius 2 is 2.09 bits per heavy atom. The van der Waals surface area contributed by atoms with Gasteiger partial charge in [-0.1, -0.05) is 11.6 Å². The number of carbonyl (C=O) groups excluding carboxylic acids is 1. The van der Waals surface area contributed by atoms with Gasteiger partial charge in [0.1, 0.15) is 5.65 Å². The summed E-state index contributed by atoms with van der Waals surface area (Å²) >= 11 is 6.07. The van der Waals surface area contributed by atoms with Crippen molar-refractivity contribution in [3.63, 3.8) is 0 Å². The van der Waals surface area contributed by atoms with Gasteiger partial charge in [-0.2, -0.15) is 0 Å². The molecule has 0 saturated heterocycles. The zero-order chi connectivity index (χ0) is 22.9. The normalized spacial score (nSPS) is 19.2. The van der Waals surface area contributed by atoms with E-state index >= 15 is 0 Å². The Labute approximate surface area is 190 Å². The molecular weight excluding hydrogens is 435 g/mol. The van der Waals surface area contributed by atoms with Crippen LogP contribution in [0.1, 0.15) is 39.5 Å². The van der Waals surface area contributed by atoms with Crippen LogP contribution in [-0.4, -0.2) is 49.6 Å². The Bertz CT molecular complexity index is 1130. The van der Waals surface area contributed by atoms with Crippen LogP contribution in [0.3, 0.4) is 0 Å². The number of aromatic nitrogens is 4. The van der Waals surface area contributed by atoms with Crippen molar-refractivity contribution in [1.29, 1.82) is 0 Å². The number of halogens is 2. The molecule has 3 aromatic rings. The molecular formula is C22H26ClFN6O2. The molecule has 2 atom stereocenters. The highest BCUT2D eigenvalue weighted by Crippen LogP contribution is 2.29. The number of nitrogens with one attached hydrogen (secondary N) is 3. The lowest BCUT2D eigenvalue weighted by Crippen LogP contribution is -2.47. The van der Waals surface area contributed by atoms with Crippen molar-refractivity contribution in [3.8, 4) is 11.4 Å². The SMILES string of the molecule is CC(C)(CO)C(=O)N[C@@H]1CCC[C@H](Nc2nc(-c3c[nH]c4ncc(Cl)cc34)ncc2F)C1. The molecule has 3 heterocycles. The number of aliphatic hydroxyl groups is 1. The van der Waals surface area contributed by atoms with E-state index in [1.807, 2.05) is 0 Å². The zero-order valence-corrected chi connectivity index (χ0v) is 18.7. The van der Waals surface area contributed by atoms with E-state index in [0.717, 1.165) is 30.8 Å². The average Bonchev–Trinajstić information content (AvgIpc) is 3.18. The van der Waals surface area contributed by atoms with E-state index in [4.69, 9.17) is 11.6 Å². The van der Waals surface area contributed by atoms with Gasteiger partial charge in [0, 0.05) is 35.4 Å². The Balaban J connectivity index is 1.51. The van der Waals surface area contributed by atoms with Crippen molar-refractivity contribution in [2.24, 2.45) is 5.41 Å². The van der Waals surface area contributed by atoms with E-state index in [-0.39, 0.29) is 30.4 Å². The first-order valence-corrected chi connectivity index (χ1v) is 11.0. The predicted octanol–water partition coefficient (Wildman–Crippen LogP) is 3.67. The van der Waals surface area contributed by atoms with Crippen molar-refractivity contribution >= 4 is 34.4 Å². The molecule has 10 heteroatoms. The van der Waals surface area contributed by atoms with Gasteiger partial charge in [0.2, 0.25) is 5.91 Å². The Hall–Kier alpha value is -2.78. The van der Waals surface area contributed by atoms with Crippen LogP contribution in [0.4, 0.5) is 10.2 Å². The number of nitrogens with zero attached hydrogens (tertiary/aromatic N) is 3. The zero-order valence-electron chi connectivity index (χ0n) is 18.0. The van der Waals surface area contributed by atoms with Gasteiger partial charge >= 0.3 is 0 Å². The summed E-state index contributed by atoms with van der Waals surface area (Å²) in [4.78, 5) is 28.2. The summed E-state index contributed by atoms with van der Waals surface area (Å²) in [5, 5.41) is 16.8. The van der Waals surface area contributed by atoms with E-state index in [2.05, 4.69) is 30.6 Å². The van der Waals surface area contributed by atoms with Gasteiger partial charge < -0.3 is 20.7 Å². The van der Waals surface area contributed by atoms with E-state index < -0.39 is 11.2 Å². The monoisotopic (exact) mass is 460 g/mol. The third kappa shape index (κ3) is 4.68. The second-order valence-corrected chi connectivity index (χ2v) is 9.30. The minimum absolute atomic E-state index is 0.0502. The molecule has 0 bridgehead atoms. The molecule has 170 valence electrons. The van der Waals surface area contributed by atoms with Gasteiger partial charge in [-0.3, -0.25) is 4.79 Å². The topological polar surface area (TPSA) is 116 Å². The van der Waals surface area contributed by atoms with Gasteiger partial charge in [-0.15, -0.1) is 0 Å². The Kier molecular flexibility index (Phi) is 6.30. The van der Waals surface area contributed by atoms with E-state index in [1.54, 1.807) is 32.3 Å². The number of amides is 1. The van der Waals surface area contributed by atoms with Crippen LogP contribution in [-0.2, 0) is 4.79 Å². The second-order valence-electron chi connectivity index (χ2n) is 8.86. The third-order valence-corrected chi connectivity index (χ3v) is 6.05. The summed E-state index contributed by atoms with van der Waals surface area (Å²) in [6.07, 6.45) is 7.61. The number of aliphatic hydroxyl groups excluding tert-OH is 1. The molecule has 0 unspecified atom stereocenters. The Morgan fingerprint density at radius 3 is 2.88 bits per heavy atom. The number of rotatable bonds is 6. The van der Waals surface area contributed by atoms with Crippen LogP contribution >= 0.6 is 11.6 Å². The maximum absolute atomic E-state index is 14.5. The van der Waals surface area contributed by atoms with E-state index in [0.29, 0.717) is 28.5 Å². The minimum Gasteiger partial charge on any atom is -0.395 e. The van der Waals surface area contributed by atoms with Gasteiger partial charge in [-0.25, -0.2) is 19.3 Å². The summed E-state index contributed by atoms with van der Waals surface area (Å²) in [6, 6.07) is 1.66. The van der Waals surface area contributed by atoms with Crippen LogP contribution in [0.25, 0.3) is 22.4 Å². The summed E-state index contributed by atoms with van der Waals surface area (Å²) in [7, 11) is 0. The van der Waals surface area contributed by atoms with Crippen molar-refractivity contribution in [3.05, 3.63) is 35.5 Å². The van der Waals surface area contributed by atoms with Crippen molar-refractivity contribution in [1.82, 2.24) is 25.3 Å². The number of aromatic amines is 1. The highest BCUT2D eigenvalue weighted by atomic mass is 35.5. The molecule has 1 saturated carbocycles. The minimum atomic E-state index is -0.842. The Morgan fingerprint density at radius 1 is 1.31 bits per heavy atom. The number of anilines is 1. The van der Waals surface area contributed by atoms with Crippen LogP contribution < -0.4 is 10.6 Å². The fraction of sp³-hybridized carbons (Fsp3) is 0.455. The van der Waals surface area contributed by atoms with E-state index in [9.17, 15) is 14.3 Å². The number of carbonyl (C=O) groups is 1. The first kappa shape index (κ1) is 22.4. The van der Waals surface area contributed by atoms with E-state index in [1.165, 1.54) is 0 Å². The van der Waals surface area contributed by atoms with Gasteiger partial charge in [0.25, 0.3) is 0 Å². The van der Waals surface area contributed by atoms with Gasteiger partial charge in [0.15, 0.2) is 17.5 Å². The number of H-pyrrole nitrogens is 1. The summed E-state index contributed by atoms with van der Waals surface area (Å²) < 4.78 is 14.5. The number of pyridine rings is 1. The average molecular weight is 461 g/mol.